The Bertz CT molecular complexity index is 1220. The summed E-state index contributed by atoms with van der Waals surface area (Å²) >= 11 is 1.33. The molecule has 0 aliphatic heterocycles. The van der Waals surface area contributed by atoms with Gasteiger partial charge in [-0.05, 0) is 42.0 Å². The van der Waals surface area contributed by atoms with Gasteiger partial charge in [0.25, 0.3) is 5.91 Å². The van der Waals surface area contributed by atoms with Crippen LogP contribution in [0.1, 0.15) is 53.0 Å². The second kappa shape index (κ2) is 9.05. The Morgan fingerprint density at radius 2 is 2.19 bits per heavy atom. The fraction of sp³-hybridized carbons (Fsp3) is 0.182. The summed E-state index contributed by atoms with van der Waals surface area (Å²) in [5.74, 6) is 0.204. The molecule has 0 fully saturated rings. The van der Waals surface area contributed by atoms with E-state index in [2.05, 4.69) is 20.3 Å². The van der Waals surface area contributed by atoms with Crippen molar-refractivity contribution >= 4 is 34.5 Å². The van der Waals surface area contributed by atoms with Gasteiger partial charge in [0.05, 0.1) is 5.69 Å². The molecule has 1 N–H and O–H groups in total. The van der Waals surface area contributed by atoms with Crippen LogP contribution in [-0.4, -0.2) is 25.4 Å². The molecule has 31 heavy (non-hydrogen) atoms. The summed E-state index contributed by atoms with van der Waals surface area (Å²) in [6, 6.07) is 6.54. The van der Waals surface area contributed by atoms with Crippen molar-refractivity contribution in [3.8, 4) is 0 Å². The minimum absolute atomic E-state index is 0.229. The number of hydrogen-bond acceptors (Lipinski definition) is 6. The van der Waals surface area contributed by atoms with Gasteiger partial charge in [-0.3, -0.25) is 10.1 Å². The monoisotopic (exact) mass is 437 g/mol. The lowest BCUT2D eigenvalue weighted by Crippen LogP contribution is -2.17. The molecule has 0 bridgehead atoms. The van der Waals surface area contributed by atoms with Crippen LogP contribution >= 0.6 is 11.3 Å². The summed E-state index contributed by atoms with van der Waals surface area (Å²) in [6.45, 7) is 4.43. The van der Waals surface area contributed by atoms with Crippen molar-refractivity contribution in [1.82, 2.24) is 19.5 Å². The number of hydrogen-bond donors (Lipinski definition) is 1. The second-order valence-corrected chi connectivity index (χ2v) is 7.99. The number of thiazole rings is 1. The first kappa shape index (κ1) is 20.7. The molecule has 0 aliphatic rings. The lowest BCUT2D eigenvalue weighted by molar-refractivity contribution is 0.101. The number of oxazole rings is 1. The zero-order valence-electron chi connectivity index (χ0n) is 16.9. The molecule has 0 unspecified atom stereocenters. The molecular weight excluding hydrogens is 417 g/mol. The molecule has 4 aromatic rings. The quantitative estimate of drug-likeness (QED) is 0.409. The zero-order valence-corrected chi connectivity index (χ0v) is 17.8. The van der Waals surface area contributed by atoms with E-state index < -0.39 is 5.95 Å². The number of aromatic nitrogens is 4. The molecule has 0 radical (unpaired) electrons. The van der Waals surface area contributed by atoms with Gasteiger partial charge in [0, 0.05) is 30.2 Å². The van der Waals surface area contributed by atoms with Crippen LogP contribution in [0.3, 0.4) is 0 Å². The molecule has 4 rings (SSSR count). The largest absolute Gasteiger partial charge is 0.448 e. The van der Waals surface area contributed by atoms with Crippen molar-refractivity contribution < 1.29 is 13.6 Å². The van der Waals surface area contributed by atoms with E-state index in [1.54, 1.807) is 29.0 Å². The van der Waals surface area contributed by atoms with Crippen LogP contribution in [0.5, 0.6) is 0 Å². The van der Waals surface area contributed by atoms with E-state index >= 15 is 0 Å². The summed E-state index contributed by atoms with van der Waals surface area (Å²) in [5, 5.41) is 5.15. The average Bonchev–Trinajstić information content (AvgIpc) is 3.47. The van der Waals surface area contributed by atoms with Gasteiger partial charge in [0.1, 0.15) is 17.1 Å². The van der Waals surface area contributed by atoms with Gasteiger partial charge in [-0.1, -0.05) is 13.8 Å². The molecule has 4 aromatic heterocycles. The van der Waals surface area contributed by atoms with Crippen LogP contribution in [-0.2, 0) is 6.54 Å². The summed E-state index contributed by atoms with van der Waals surface area (Å²) in [5.41, 5.74) is 2.64. The molecule has 0 aliphatic carbocycles. The highest BCUT2D eigenvalue weighted by atomic mass is 32.1. The number of halogens is 1. The maximum Gasteiger partial charge on any atom is 0.274 e. The van der Waals surface area contributed by atoms with E-state index in [1.165, 1.54) is 30.0 Å². The molecule has 4 heterocycles. The molecule has 7 nitrogen and oxygen atoms in total. The van der Waals surface area contributed by atoms with Crippen molar-refractivity contribution in [3.63, 3.8) is 0 Å². The van der Waals surface area contributed by atoms with E-state index in [4.69, 9.17) is 4.42 Å². The fourth-order valence-corrected chi connectivity index (χ4v) is 3.74. The van der Waals surface area contributed by atoms with Crippen molar-refractivity contribution in [2.24, 2.45) is 0 Å². The van der Waals surface area contributed by atoms with Crippen LogP contribution in [0.2, 0.25) is 0 Å². The third-order valence-electron chi connectivity index (χ3n) is 4.51. The topological polar surface area (TPSA) is 85.8 Å². The molecule has 158 valence electrons. The fourth-order valence-electron chi connectivity index (χ4n) is 3.06. The Labute approximate surface area is 182 Å². The highest BCUT2D eigenvalue weighted by Crippen LogP contribution is 2.22. The lowest BCUT2D eigenvalue weighted by Gasteiger charge is -2.09. The Balaban J connectivity index is 1.43. The zero-order chi connectivity index (χ0) is 21.8. The summed E-state index contributed by atoms with van der Waals surface area (Å²) in [7, 11) is 0. The Morgan fingerprint density at radius 3 is 3.00 bits per heavy atom. The van der Waals surface area contributed by atoms with Gasteiger partial charge in [0.2, 0.25) is 5.95 Å². The van der Waals surface area contributed by atoms with Crippen molar-refractivity contribution in [2.75, 3.05) is 5.32 Å². The normalized spacial score (nSPS) is 11.5. The van der Waals surface area contributed by atoms with Crippen LogP contribution in [0, 0.1) is 5.95 Å². The SMILES string of the molecule is CC(C)c1ocnc1/C=C/c1csc(NC(=O)c2cccn2Cc2ccnc(F)c2)n1. The van der Waals surface area contributed by atoms with Crippen molar-refractivity contribution in [3.05, 3.63) is 82.8 Å². The van der Waals surface area contributed by atoms with Crippen LogP contribution in [0.25, 0.3) is 12.2 Å². The van der Waals surface area contributed by atoms with Gasteiger partial charge >= 0.3 is 0 Å². The van der Waals surface area contributed by atoms with E-state index in [1.807, 2.05) is 31.4 Å². The van der Waals surface area contributed by atoms with Crippen molar-refractivity contribution in [1.29, 1.82) is 0 Å². The summed E-state index contributed by atoms with van der Waals surface area (Å²) < 4.78 is 20.5. The van der Waals surface area contributed by atoms with Gasteiger partial charge in [-0.2, -0.15) is 4.39 Å². The minimum atomic E-state index is -0.551. The average molecular weight is 438 g/mol. The Kier molecular flexibility index (Phi) is 6.03. The number of rotatable bonds is 7. The van der Waals surface area contributed by atoms with Crippen molar-refractivity contribution in [2.45, 2.75) is 26.3 Å². The van der Waals surface area contributed by atoms with Crippen LogP contribution < -0.4 is 5.32 Å². The number of nitrogens with zero attached hydrogens (tertiary/aromatic N) is 4. The number of carbonyl (C=O) groups excluding carboxylic acids is 1. The van der Waals surface area contributed by atoms with E-state index in [0.717, 1.165) is 11.5 Å². The van der Waals surface area contributed by atoms with E-state index in [-0.39, 0.29) is 11.8 Å². The van der Waals surface area contributed by atoms with Gasteiger partial charge in [-0.15, -0.1) is 11.3 Å². The molecule has 0 aromatic carbocycles. The van der Waals surface area contributed by atoms with E-state index in [9.17, 15) is 9.18 Å². The molecule has 0 spiro atoms. The predicted molar refractivity (Wildman–Crippen MR) is 117 cm³/mol. The highest BCUT2D eigenvalue weighted by molar-refractivity contribution is 7.14. The lowest BCUT2D eigenvalue weighted by atomic mass is 10.1. The third-order valence-corrected chi connectivity index (χ3v) is 5.28. The maximum atomic E-state index is 13.3. The van der Waals surface area contributed by atoms with Crippen LogP contribution in [0.4, 0.5) is 9.52 Å². The predicted octanol–water partition coefficient (Wildman–Crippen LogP) is 5.06. The molecule has 9 heteroatoms. The Morgan fingerprint density at radius 1 is 1.32 bits per heavy atom. The Hall–Kier alpha value is -3.59. The first-order valence-electron chi connectivity index (χ1n) is 9.63. The molecule has 0 atom stereocenters. The molecule has 0 saturated heterocycles. The number of pyridine rings is 1. The van der Waals surface area contributed by atoms with Gasteiger partial charge in [-0.25, -0.2) is 15.0 Å². The number of nitrogens with one attached hydrogen (secondary N) is 1. The first-order chi connectivity index (χ1) is 15.0. The standard InChI is InChI=1S/C22H20FN5O2S/c1-14(2)20-17(25-13-30-20)6-5-16-12-31-22(26-16)27-21(29)18-4-3-9-28(18)11-15-7-8-24-19(23)10-15/h3-10,12-14H,11H2,1-2H3,(H,26,27,29)/b6-5+. The molecule has 0 saturated carbocycles. The maximum absolute atomic E-state index is 13.3. The van der Waals surface area contributed by atoms with Gasteiger partial charge in [0.15, 0.2) is 11.5 Å². The number of anilines is 1. The highest BCUT2D eigenvalue weighted by Gasteiger charge is 2.14. The summed E-state index contributed by atoms with van der Waals surface area (Å²) in [6.07, 6.45) is 8.28. The number of amides is 1. The van der Waals surface area contributed by atoms with Gasteiger partial charge < -0.3 is 8.98 Å². The molecular formula is C22H20FN5O2S. The minimum Gasteiger partial charge on any atom is -0.448 e. The second-order valence-electron chi connectivity index (χ2n) is 7.13. The third kappa shape index (κ3) is 4.95. The van der Waals surface area contributed by atoms with Crippen LogP contribution in [0.15, 0.2) is 52.9 Å². The molecule has 1 amide bonds. The summed E-state index contributed by atoms with van der Waals surface area (Å²) in [4.78, 5) is 24.9. The number of carbonyl (C=O) groups is 1. The van der Waals surface area contributed by atoms with E-state index in [0.29, 0.717) is 28.6 Å². The first-order valence-corrected chi connectivity index (χ1v) is 10.5. The smallest absolute Gasteiger partial charge is 0.274 e.